The van der Waals surface area contributed by atoms with Gasteiger partial charge in [0.2, 0.25) is 5.91 Å². The van der Waals surface area contributed by atoms with Gasteiger partial charge in [-0.3, -0.25) is 4.79 Å². The Labute approximate surface area is 206 Å². The number of carboxylic acids is 1. The maximum absolute atomic E-state index is 12.6. The van der Waals surface area contributed by atoms with Crippen LogP contribution < -0.4 is 10.6 Å². The molecule has 3 N–H and O–H groups in total. The molecule has 0 saturated heterocycles. The number of amides is 2. The van der Waals surface area contributed by atoms with E-state index in [1.165, 1.54) is 0 Å². The Morgan fingerprint density at radius 3 is 2.11 bits per heavy atom. The number of benzene rings is 2. The average Bonchev–Trinajstić information content (AvgIpc) is 3.19. The fourth-order valence-corrected chi connectivity index (χ4v) is 5.41. The van der Waals surface area contributed by atoms with Crippen LogP contribution in [-0.4, -0.2) is 41.8 Å². The second-order valence-electron chi connectivity index (χ2n) is 9.56. The Balaban J connectivity index is 1.31. The van der Waals surface area contributed by atoms with Gasteiger partial charge in [-0.2, -0.15) is 0 Å². The van der Waals surface area contributed by atoms with Crippen LogP contribution in [0.25, 0.3) is 11.1 Å². The molecule has 0 spiro atoms. The molecular formula is C28H34N2O5. The van der Waals surface area contributed by atoms with E-state index in [2.05, 4.69) is 34.9 Å². The van der Waals surface area contributed by atoms with Crippen LogP contribution >= 0.6 is 0 Å². The van der Waals surface area contributed by atoms with E-state index in [4.69, 9.17) is 4.74 Å². The topological polar surface area (TPSA) is 105 Å². The molecule has 7 nitrogen and oxygen atoms in total. The second kappa shape index (κ2) is 11.4. The highest BCUT2D eigenvalue weighted by Gasteiger charge is 2.32. The summed E-state index contributed by atoms with van der Waals surface area (Å²) in [6.45, 7) is 2.07. The van der Waals surface area contributed by atoms with Gasteiger partial charge in [-0.25, -0.2) is 9.59 Å². The first-order chi connectivity index (χ1) is 17.0. The molecule has 2 amide bonds. The zero-order valence-electron chi connectivity index (χ0n) is 20.2. The minimum absolute atomic E-state index is 0.0111. The van der Waals surface area contributed by atoms with Crippen LogP contribution in [0.5, 0.6) is 0 Å². The van der Waals surface area contributed by atoms with Crippen LogP contribution in [0, 0.1) is 5.92 Å². The Bertz CT molecular complexity index is 1020. The predicted molar refractivity (Wildman–Crippen MR) is 133 cm³/mol. The van der Waals surface area contributed by atoms with Crippen molar-refractivity contribution in [3.63, 3.8) is 0 Å². The third kappa shape index (κ3) is 5.84. The molecule has 2 aromatic rings. The molecule has 186 valence electrons. The largest absolute Gasteiger partial charge is 0.480 e. The Morgan fingerprint density at radius 1 is 0.943 bits per heavy atom. The van der Waals surface area contributed by atoms with Gasteiger partial charge in [-0.05, 0) is 47.4 Å². The zero-order valence-corrected chi connectivity index (χ0v) is 20.2. The number of fused-ring (bicyclic) bond motifs is 3. The molecule has 4 rings (SSSR count). The summed E-state index contributed by atoms with van der Waals surface area (Å²) in [7, 11) is 0. The third-order valence-electron chi connectivity index (χ3n) is 7.29. The molecule has 0 radical (unpaired) electrons. The monoisotopic (exact) mass is 478 g/mol. The van der Waals surface area contributed by atoms with E-state index in [0.717, 1.165) is 54.4 Å². The van der Waals surface area contributed by atoms with Crippen molar-refractivity contribution in [3.8, 4) is 11.1 Å². The summed E-state index contributed by atoms with van der Waals surface area (Å²) in [5.74, 6) is -1.44. The first-order valence-electron chi connectivity index (χ1n) is 12.6. The maximum atomic E-state index is 12.6. The summed E-state index contributed by atoms with van der Waals surface area (Å²) in [5.41, 5.74) is 4.59. The zero-order chi connectivity index (χ0) is 24.8. The highest BCUT2D eigenvalue weighted by Crippen LogP contribution is 2.44. The van der Waals surface area contributed by atoms with E-state index in [1.54, 1.807) is 0 Å². The number of carbonyl (C=O) groups excluding carboxylic acids is 2. The lowest BCUT2D eigenvalue weighted by Crippen LogP contribution is -2.48. The summed E-state index contributed by atoms with van der Waals surface area (Å²) in [4.78, 5) is 37.0. The SMILES string of the molecule is CCC(CC(=O)NC(C(=O)O)C1CCCCC1)NC(=O)OCC1c2ccccc2-c2ccccc21. The van der Waals surface area contributed by atoms with E-state index >= 15 is 0 Å². The van der Waals surface area contributed by atoms with E-state index in [9.17, 15) is 19.5 Å². The van der Waals surface area contributed by atoms with Crippen molar-refractivity contribution >= 4 is 18.0 Å². The minimum atomic E-state index is -0.997. The van der Waals surface area contributed by atoms with Gasteiger partial charge in [0.1, 0.15) is 12.6 Å². The number of carboxylic acid groups (broad SMARTS) is 1. The van der Waals surface area contributed by atoms with Gasteiger partial charge >= 0.3 is 12.1 Å². The summed E-state index contributed by atoms with van der Waals surface area (Å²) in [5, 5.41) is 15.1. The molecule has 35 heavy (non-hydrogen) atoms. The second-order valence-corrected chi connectivity index (χ2v) is 9.56. The van der Waals surface area contributed by atoms with E-state index in [0.29, 0.717) is 6.42 Å². The maximum Gasteiger partial charge on any atom is 0.407 e. The highest BCUT2D eigenvalue weighted by atomic mass is 16.5. The number of ether oxygens (including phenoxy) is 1. The predicted octanol–water partition coefficient (Wildman–Crippen LogP) is 4.84. The lowest BCUT2D eigenvalue weighted by Gasteiger charge is -2.28. The van der Waals surface area contributed by atoms with Crippen molar-refractivity contribution in [2.75, 3.05) is 6.61 Å². The molecule has 2 atom stereocenters. The van der Waals surface area contributed by atoms with Crippen LogP contribution in [0.15, 0.2) is 48.5 Å². The molecule has 2 aliphatic carbocycles. The quantitative estimate of drug-likeness (QED) is 0.478. The Kier molecular flexibility index (Phi) is 8.06. The summed E-state index contributed by atoms with van der Waals surface area (Å²) < 4.78 is 5.59. The van der Waals surface area contributed by atoms with Crippen molar-refractivity contribution < 1.29 is 24.2 Å². The summed E-state index contributed by atoms with van der Waals surface area (Å²) >= 11 is 0. The first kappa shape index (κ1) is 24.8. The number of hydrogen-bond donors (Lipinski definition) is 3. The number of nitrogens with one attached hydrogen (secondary N) is 2. The van der Waals surface area contributed by atoms with Gasteiger partial charge in [-0.15, -0.1) is 0 Å². The number of aliphatic carboxylic acids is 1. The van der Waals surface area contributed by atoms with Gasteiger partial charge in [0.25, 0.3) is 0 Å². The fourth-order valence-electron chi connectivity index (χ4n) is 5.41. The van der Waals surface area contributed by atoms with Crippen molar-refractivity contribution in [3.05, 3.63) is 59.7 Å². The fraction of sp³-hybridized carbons (Fsp3) is 0.464. The van der Waals surface area contributed by atoms with Crippen LogP contribution in [0.2, 0.25) is 0 Å². The molecule has 2 aliphatic rings. The lowest BCUT2D eigenvalue weighted by molar-refractivity contribution is -0.144. The summed E-state index contributed by atoms with van der Waals surface area (Å²) in [6.07, 6.45) is 4.68. The smallest absolute Gasteiger partial charge is 0.407 e. The first-order valence-corrected chi connectivity index (χ1v) is 12.6. The van der Waals surface area contributed by atoms with Gasteiger partial charge in [-0.1, -0.05) is 74.7 Å². The van der Waals surface area contributed by atoms with E-state index in [1.807, 2.05) is 31.2 Å². The van der Waals surface area contributed by atoms with E-state index < -0.39 is 24.1 Å². The Hall–Kier alpha value is -3.35. The lowest BCUT2D eigenvalue weighted by atomic mass is 9.84. The van der Waals surface area contributed by atoms with Crippen molar-refractivity contribution in [2.24, 2.45) is 5.92 Å². The molecule has 7 heteroatoms. The normalized spacial score (nSPS) is 17.1. The third-order valence-corrected chi connectivity index (χ3v) is 7.29. The molecule has 0 bridgehead atoms. The van der Waals surface area contributed by atoms with Crippen LogP contribution in [0.3, 0.4) is 0 Å². The molecule has 2 unspecified atom stereocenters. The number of hydrogen-bond acceptors (Lipinski definition) is 4. The number of carbonyl (C=O) groups is 3. The van der Waals surface area contributed by atoms with Gasteiger partial charge in [0.05, 0.1) is 0 Å². The van der Waals surface area contributed by atoms with Crippen LogP contribution in [0.1, 0.15) is 68.9 Å². The molecule has 0 heterocycles. The average molecular weight is 479 g/mol. The molecule has 0 aromatic heterocycles. The van der Waals surface area contributed by atoms with Gasteiger partial charge < -0.3 is 20.5 Å². The molecule has 1 fully saturated rings. The summed E-state index contributed by atoms with van der Waals surface area (Å²) in [6, 6.07) is 15.0. The minimum Gasteiger partial charge on any atom is -0.480 e. The van der Waals surface area contributed by atoms with Gasteiger partial charge in [0, 0.05) is 18.4 Å². The van der Waals surface area contributed by atoms with Crippen molar-refractivity contribution in [1.82, 2.24) is 10.6 Å². The van der Waals surface area contributed by atoms with Crippen LogP contribution in [0.4, 0.5) is 4.79 Å². The number of alkyl carbamates (subject to hydrolysis) is 1. The Morgan fingerprint density at radius 2 is 1.54 bits per heavy atom. The van der Waals surface area contributed by atoms with E-state index in [-0.39, 0.29) is 30.8 Å². The van der Waals surface area contributed by atoms with Crippen molar-refractivity contribution in [1.29, 1.82) is 0 Å². The van der Waals surface area contributed by atoms with Gasteiger partial charge in [0.15, 0.2) is 0 Å². The molecular weight excluding hydrogens is 444 g/mol. The molecule has 2 aromatic carbocycles. The standard InChI is InChI=1S/C28H34N2O5/c1-2-19(16-25(31)30-26(27(32)33)18-10-4-3-5-11-18)29-28(34)35-17-24-22-14-8-6-12-20(22)21-13-7-9-15-23(21)24/h6-9,12-15,18-19,24,26H,2-5,10-11,16-17H2,1H3,(H,29,34)(H,30,31)(H,32,33). The van der Waals surface area contributed by atoms with Crippen molar-refractivity contribution in [2.45, 2.75) is 69.9 Å². The molecule has 0 aliphatic heterocycles. The van der Waals surface area contributed by atoms with Crippen LogP contribution in [-0.2, 0) is 14.3 Å². The number of rotatable bonds is 9. The molecule has 1 saturated carbocycles. The highest BCUT2D eigenvalue weighted by molar-refractivity contribution is 5.84.